The number of thiazole rings is 1. The van der Waals surface area contributed by atoms with Crippen molar-refractivity contribution in [1.29, 1.82) is 5.26 Å². The Labute approximate surface area is 153 Å². The minimum Gasteiger partial charge on any atom is -0.497 e. The monoisotopic (exact) mass is 369 g/mol. The normalized spacial score (nSPS) is 11.1. The predicted octanol–water partition coefficient (Wildman–Crippen LogP) is 5.07. The highest BCUT2D eigenvalue weighted by atomic mass is 32.1. The van der Waals surface area contributed by atoms with Gasteiger partial charge in [-0.25, -0.2) is 13.8 Å². The van der Waals surface area contributed by atoms with E-state index in [1.165, 1.54) is 23.6 Å². The Morgan fingerprint density at radius 2 is 2.08 bits per heavy atom. The summed E-state index contributed by atoms with van der Waals surface area (Å²) in [6.45, 7) is 0. The summed E-state index contributed by atoms with van der Waals surface area (Å²) >= 11 is 1.31. The van der Waals surface area contributed by atoms with Crippen LogP contribution >= 0.6 is 11.3 Å². The number of hydrogen-bond acceptors (Lipinski definition) is 5. The summed E-state index contributed by atoms with van der Waals surface area (Å²) in [5.74, 6) is -1.17. The van der Waals surface area contributed by atoms with E-state index in [-0.39, 0.29) is 5.57 Å². The van der Waals surface area contributed by atoms with Crippen molar-refractivity contribution < 1.29 is 13.5 Å². The van der Waals surface area contributed by atoms with Crippen LogP contribution < -0.4 is 10.1 Å². The fourth-order valence-electron chi connectivity index (χ4n) is 2.20. The van der Waals surface area contributed by atoms with E-state index in [1.807, 2.05) is 29.6 Å². The predicted molar refractivity (Wildman–Crippen MR) is 97.7 cm³/mol. The number of methoxy groups -OCH3 is 1. The Kier molecular flexibility index (Phi) is 5.25. The number of ether oxygens (including phenoxy) is 1. The molecule has 3 rings (SSSR count). The van der Waals surface area contributed by atoms with Crippen LogP contribution in [0.4, 0.5) is 14.5 Å². The molecule has 1 N–H and O–H groups in total. The van der Waals surface area contributed by atoms with E-state index in [9.17, 15) is 14.0 Å². The highest BCUT2D eigenvalue weighted by molar-refractivity contribution is 7.11. The standard InChI is InChI=1S/C19H13F2N3OS/c1-25-15-4-2-3-12(7-15)18-11-26-19(24-18)13(9-22)10-23-14-5-6-16(20)17(21)8-14/h2-8,10-11,23H,1H3/b13-10+. The van der Waals surface area contributed by atoms with Crippen molar-refractivity contribution in [3.8, 4) is 23.1 Å². The number of halogens is 2. The van der Waals surface area contributed by atoms with Crippen molar-refractivity contribution in [3.05, 3.63) is 70.7 Å². The molecule has 2 aromatic carbocycles. The van der Waals surface area contributed by atoms with Crippen LogP contribution in [0.3, 0.4) is 0 Å². The number of rotatable bonds is 5. The first-order chi connectivity index (χ1) is 12.6. The number of aromatic nitrogens is 1. The van der Waals surface area contributed by atoms with Crippen molar-refractivity contribution >= 4 is 22.6 Å². The molecule has 0 radical (unpaired) electrons. The molecule has 0 spiro atoms. The first-order valence-electron chi connectivity index (χ1n) is 7.53. The maximum atomic E-state index is 13.2. The maximum absolute atomic E-state index is 13.2. The van der Waals surface area contributed by atoms with Gasteiger partial charge in [-0.3, -0.25) is 0 Å². The highest BCUT2D eigenvalue weighted by Gasteiger charge is 2.10. The molecule has 4 nitrogen and oxygen atoms in total. The lowest BCUT2D eigenvalue weighted by molar-refractivity contribution is 0.415. The molecule has 0 fully saturated rings. The molecule has 0 aliphatic carbocycles. The van der Waals surface area contributed by atoms with Crippen LogP contribution in [0.5, 0.6) is 5.75 Å². The Morgan fingerprint density at radius 1 is 1.23 bits per heavy atom. The van der Waals surface area contributed by atoms with Crippen LogP contribution in [0.2, 0.25) is 0 Å². The van der Waals surface area contributed by atoms with Crippen LogP contribution in [0.25, 0.3) is 16.8 Å². The number of hydrogen-bond donors (Lipinski definition) is 1. The van der Waals surface area contributed by atoms with Gasteiger partial charge in [0.05, 0.1) is 12.8 Å². The van der Waals surface area contributed by atoms with E-state index in [0.717, 1.165) is 23.4 Å². The number of nitriles is 1. The lowest BCUT2D eigenvalue weighted by Crippen LogP contribution is -1.93. The van der Waals surface area contributed by atoms with Gasteiger partial charge in [0.2, 0.25) is 0 Å². The fraction of sp³-hybridized carbons (Fsp3) is 0.0526. The molecule has 1 aromatic heterocycles. The largest absolute Gasteiger partial charge is 0.497 e. The lowest BCUT2D eigenvalue weighted by atomic mass is 10.1. The molecular weight excluding hydrogens is 356 g/mol. The first-order valence-corrected chi connectivity index (χ1v) is 8.41. The lowest BCUT2D eigenvalue weighted by Gasteiger charge is -2.02. The van der Waals surface area contributed by atoms with E-state index >= 15 is 0 Å². The van der Waals surface area contributed by atoms with Crippen LogP contribution in [0.1, 0.15) is 5.01 Å². The van der Waals surface area contributed by atoms with Gasteiger partial charge in [-0.2, -0.15) is 5.26 Å². The van der Waals surface area contributed by atoms with Gasteiger partial charge >= 0.3 is 0 Å². The van der Waals surface area contributed by atoms with Gasteiger partial charge in [0.25, 0.3) is 0 Å². The second-order valence-electron chi connectivity index (χ2n) is 5.21. The van der Waals surface area contributed by atoms with E-state index < -0.39 is 11.6 Å². The molecule has 0 saturated carbocycles. The van der Waals surface area contributed by atoms with E-state index in [2.05, 4.69) is 16.4 Å². The highest BCUT2D eigenvalue weighted by Crippen LogP contribution is 2.28. The van der Waals surface area contributed by atoms with Crippen molar-refractivity contribution in [3.63, 3.8) is 0 Å². The van der Waals surface area contributed by atoms with Crippen LogP contribution in [0, 0.1) is 23.0 Å². The number of nitrogens with zero attached hydrogens (tertiary/aromatic N) is 2. The van der Waals surface area contributed by atoms with Gasteiger partial charge in [0.15, 0.2) is 11.6 Å². The fourth-order valence-corrected chi connectivity index (χ4v) is 2.99. The number of nitrogens with one attached hydrogen (secondary N) is 1. The quantitative estimate of drug-likeness (QED) is 0.638. The third kappa shape index (κ3) is 3.87. The van der Waals surface area contributed by atoms with Crippen molar-refractivity contribution in [1.82, 2.24) is 4.98 Å². The molecule has 1 heterocycles. The Bertz CT molecular complexity index is 1010. The van der Waals surface area contributed by atoms with Crippen LogP contribution in [0.15, 0.2) is 54.0 Å². The molecule has 0 saturated heterocycles. The van der Waals surface area contributed by atoms with Gasteiger partial charge in [-0.05, 0) is 24.3 Å². The third-order valence-corrected chi connectivity index (χ3v) is 4.40. The summed E-state index contributed by atoms with van der Waals surface area (Å²) in [7, 11) is 1.59. The Balaban J connectivity index is 1.83. The molecule has 26 heavy (non-hydrogen) atoms. The summed E-state index contributed by atoms with van der Waals surface area (Å²) in [4.78, 5) is 4.47. The summed E-state index contributed by atoms with van der Waals surface area (Å²) in [6.07, 6.45) is 1.42. The van der Waals surface area contributed by atoms with Crippen molar-refractivity contribution in [2.75, 3.05) is 12.4 Å². The third-order valence-electron chi connectivity index (χ3n) is 3.52. The zero-order valence-corrected chi connectivity index (χ0v) is 14.5. The molecule has 3 aromatic rings. The molecule has 7 heteroatoms. The minimum absolute atomic E-state index is 0.286. The molecule has 0 bridgehead atoms. The van der Waals surface area contributed by atoms with E-state index in [1.54, 1.807) is 7.11 Å². The SMILES string of the molecule is COc1cccc(-c2csc(/C(C#N)=C/Nc3ccc(F)c(F)c3)n2)c1. The first kappa shape index (κ1) is 17.6. The van der Waals surface area contributed by atoms with Crippen LogP contribution in [-0.4, -0.2) is 12.1 Å². The average Bonchev–Trinajstić information content (AvgIpc) is 3.15. The Morgan fingerprint density at radius 3 is 2.81 bits per heavy atom. The molecule has 0 amide bonds. The summed E-state index contributed by atoms with van der Waals surface area (Å²) in [5, 5.41) is 14.5. The topological polar surface area (TPSA) is 57.9 Å². The molecule has 130 valence electrons. The maximum Gasteiger partial charge on any atom is 0.160 e. The van der Waals surface area contributed by atoms with E-state index in [4.69, 9.17) is 4.74 Å². The summed E-state index contributed by atoms with van der Waals surface area (Å²) in [5.41, 5.74) is 2.21. The Hall–Kier alpha value is -3.24. The second kappa shape index (κ2) is 7.76. The van der Waals surface area contributed by atoms with E-state index in [0.29, 0.717) is 16.4 Å². The second-order valence-corrected chi connectivity index (χ2v) is 6.07. The zero-order chi connectivity index (χ0) is 18.5. The zero-order valence-electron chi connectivity index (χ0n) is 13.7. The van der Waals surface area contributed by atoms with Gasteiger partial charge in [0.1, 0.15) is 22.4 Å². The number of allylic oxidation sites excluding steroid dienone is 1. The molecule has 0 unspecified atom stereocenters. The molecule has 0 atom stereocenters. The van der Waals surface area contributed by atoms with Gasteiger partial charge in [-0.15, -0.1) is 11.3 Å². The number of benzene rings is 2. The van der Waals surface area contributed by atoms with Gasteiger partial charge < -0.3 is 10.1 Å². The van der Waals surface area contributed by atoms with Crippen molar-refractivity contribution in [2.45, 2.75) is 0 Å². The average molecular weight is 369 g/mol. The number of anilines is 1. The molecule has 0 aliphatic rings. The summed E-state index contributed by atoms with van der Waals surface area (Å²) < 4.78 is 31.4. The molecule has 0 aliphatic heterocycles. The van der Waals surface area contributed by atoms with Crippen LogP contribution in [-0.2, 0) is 0 Å². The van der Waals surface area contributed by atoms with Gasteiger partial charge in [0, 0.05) is 28.9 Å². The van der Waals surface area contributed by atoms with Crippen molar-refractivity contribution in [2.24, 2.45) is 0 Å². The summed E-state index contributed by atoms with van der Waals surface area (Å²) in [6, 6.07) is 12.9. The molecular formula is C19H13F2N3OS. The minimum atomic E-state index is -0.962. The smallest absolute Gasteiger partial charge is 0.160 e. The van der Waals surface area contributed by atoms with Gasteiger partial charge in [-0.1, -0.05) is 12.1 Å².